The minimum absolute atomic E-state index is 0.227. The molecular weight excluding hydrogens is 328 g/mol. The van der Waals surface area contributed by atoms with Gasteiger partial charge in [0.1, 0.15) is 12.4 Å². The molecule has 0 amide bonds. The Morgan fingerprint density at radius 1 is 1.08 bits per heavy atom. The molecule has 3 aromatic rings. The van der Waals surface area contributed by atoms with E-state index >= 15 is 0 Å². The first kappa shape index (κ1) is 16.1. The summed E-state index contributed by atoms with van der Waals surface area (Å²) in [6.45, 7) is 0.709. The van der Waals surface area contributed by atoms with Crippen molar-refractivity contribution in [2.75, 3.05) is 12.9 Å². The first-order chi connectivity index (χ1) is 11.5. The summed E-state index contributed by atoms with van der Waals surface area (Å²) < 4.78 is 28.6. The quantitative estimate of drug-likeness (QED) is 0.678. The molecule has 0 bridgehead atoms. The monoisotopic (exact) mass is 344 g/mol. The van der Waals surface area contributed by atoms with Crippen molar-refractivity contribution in [1.82, 2.24) is 20.2 Å². The van der Waals surface area contributed by atoms with Crippen LogP contribution in [0.2, 0.25) is 0 Å². The molecule has 0 N–H and O–H groups in total. The van der Waals surface area contributed by atoms with Crippen molar-refractivity contribution in [2.45, 2.75) is 11.4 Å². The van der Waals surface area contributed by atoms with Gasteiger partial charge in [0.15, 0.2) is 9.84 Å². The summed E-state index contributed by atoms with van der Waals surface area (Å²) >= 11 is 0. The highest BCUT2D eigenvalue weighted by atomic mass is 32.2. The number of nitrogens with zero attached hydrogens (tertiary/aromatic N) is 4. The van der Waals surface area contributed by atoms with Gasteiger partial charge in [0.25, 0.3) is 0 Å². The van der Waals surface area contributed by atoms with E-state index in [4.69, 9.17) is 4.74 Å². The summed E-state index contributed by atoms with van der Waals surface area (Å²) in [5, 5.41) is 12.3. The molecule has 1 aromatic heterocycles. The number of rotatable bonds is 6. The Hall–Kier alpha value is -2.74. The highest BCUT2D eigenvalue weighted by Gasteiger charge is 2.08. The van der Waals surface area contributed by atoms with Crippen molar-refractivity contribution >= 4 is 9.84 Å². The summed E-state index contributed by atoms with van der Waals surface area (Å²) in [7, 11) is -3.25. The first-order valence-corrected chi connectivity index (χ1v) is 9.18. The molecule has 0 radical (unpaired) electrons. The molecule has 24 heavy (non-hydrogen) atoms. The number of hydrogen-bond donors (Lipinski definition) is 0. The van der Waals surface area contributed by atoms with Crippen LogP contribution < -0.4 is 4.74 Å². The zero-order valence-corrected chi connectivity index (χ0v) is 13.8. The van der Waals surface area contributed by atoms with Crippen LogP contribution in [-0.2, 0) is 16.4 Å². The molecule has 0 saturated heterocycles. The molecule has 0 atom stereocenters. The van der Waals surface area contributed by atoms with Crippen molar-refractivity contribution in [3.63, 3.8) is 0 Å². The normalized spacial score (nSPS) is 11.4. The summed E-state index contributed by atoms with van der Waals surface area (Å²) in [4.78, 5) is 1.67. The fourth-order valence-corrected chi connectivity index (χ4v) is 2.74. The van der Waals surface area contributed by atoms with Crippen LogP contribution in [0.15, 0.2) is 59.5 Å². The third kappa shape index (κ3) is 3.96. The average Bonchev–Trinajstić information content (AvgIpc) is 3.04. The average molecular weight is 344 g/mol. The van der Waals surface area contributed by atoms with Crippen LogP contribution in [0.25, 0.3) is 11.4 Å². The van der Waals surface area contributed by atoms with E-state index in [0.29, 0.717) is 24.7 Å². The minimum Gasteiger partial charge on any atom is -0.492 e. The molecule has 2 aromatic carbocycles. The van der Waals surface area contributed by atoms with Crippen LogP contribution in [0, 0.1) is 0 Å². The second-order valence-corrected chi connectivity index (χ2v) is 7.19. The molecule has 0 aliphatic carbocycles. The van der Waals surface area contributed by atoms with Crippen LogP contribution in [0.3, 0.4) is 0 Å². The second kappa shape index (κ2) is 6.79. The third-order valence-corrected chi connectivity index (χ3v) is 4.39. The second-order valence-electron chi connectivity index (χ2n) is 5.17. The van der Waals surface area contributed by atoms with Crippen molar-refractivity contribution in [3.05, 3.63) is 54.6 Å². The predicted molar refractivity (Wildman–Crippen MR) is 88.3 cm³/mol. The maximum absolute atomic E-state index is 11.5. The lowest BCUT2D eigenvalue weighted by Gasteiger charge is -2.06. The van der Waals surface area contributed by atoms with Crippen LogP contribution >= 0.6 is 0 Å². The Morgan fingerprint density at radius 3 is 2.62 bits per heavy atom. The van der Waals surface area contributed by atoms with Gasteiger partial charge in [-0.05, 0) is 23.4 Å². The van der Waals surface area contributed by atoms with E-state index in [9.17, 15) is 8.42 Å². The fourth-order valence-electron chi connectivity index (χ4n) is 2.08. The highest BCUT2D eigenvalue weighted by molar-refractivity contribution is 7.90. The maximum atomic E-state index is 11.5. The van der Waals surface area contributed by atoms with Gasteiger partial charge in [-0.2, -0.15) is 4.80 Å². The van der Waals surface area contributed by atoms with Gasteiger partial charge in [-0.1, -0.05) is 36.4 Å². The molecule has 1 heterocycles. The molecule has 0 spiro atoms. The molecule has 3 rings (SSSR count). The van der Waals surface area contributed by atoms with Gasteiger partial charge in [-0.15, -0.1) is 10.2 Å². The lowest BCUT2D eigenvalue weighted by Crippen LogP contribution is -2.11. The number of sulfone groups is 1. The Bertz CT molecular complexity index is 923. The summed E-state index contributed by atoms with van der Waals surface area (Å²) in [5.41, 5.74) is 0.894. The van der Waals surface area contributed by atoms with E-state index in [-0.39, 0.29) is 4.90 Å². The fraction of sp³-hybridized carbons (Fsp3) is 0.188. The summed E-state index contributed by atoms with van der Waals surface area (Å²) in [5.74, 6) is 1.04. The highest BCUT2D eigenvalue weighted by Crippen LogP contribution is 2.17. The van der Waals surface area contributed by atoms with E-state index in [1.165, 1.54) is 16.9 Å². The Morgan fingerprint density at radius 2 is 1.88 bits per heavy atom. The number of ether oxygens (including phenoxy) is 1. The first-order valence-electron chi connectivity index (χ1n) is 7.28. The SMILES string of the molecule is CS(=O)(=O)c1cccc(OCCn2nnc(-c3ccccc3)n2)c1. The van der Waals surface area contributed by atoms with Gasteiger partial charge < -0.3 is 4.74 Å². The number of hydrogen-bond acceptors (Lipinski definition) is 6. The van der Waals surface area contributed by atoms with Crippen LogP contribution in [0.1, 0.15) is 0 Å². The van der Waals surface area contributed by atoms with Crippen LogP contribution in [0.5, 0.6) is 5.75 Å². The molecule has 0 saturated carbocycles. The molecule has 0 unspecified atom stereocenters. The minimum atomic E-state index is -3.25. The number of tetrazole rings is 1. The van der Waals surface area contributed by atoms with Gasteiger partial charge in [-0.25, -0.2) is 8.42 Å². The van der Waals surface area contributed by atoms with Crippen LogP contribution in [-0.4, -0.2) is 41.5 Å². The Labute approximate surface area is 139 Å². The third-order valence-electron chi connectivity index (χ3n) is 3.28. The van der Waals surface area contributed by atoms with Crippen molar-refractivity contribution in [1.29, 1.82) is 0 Å². The lowest BCUT2D eigenvalue weighted by molar-refractivity contribution is 0.279. The van der Waals surface area contributed by atoms with Crippen molar-refractivity contribution in [3.8, 4) is 17.1 Å². The molecule has 124 valence electrons. The topological polar surface area (TPSA) is 87.0 Å². The molecule has 0 aliphatic heterocycles. The van der Waals surface area contributed by atoms with E-state index in [0.717, 1.165) is 11.8 Å². The van der Waals surface area contributed by atoms with Crippen molar-refractivity contribution in [2.24, 2.45) is 0 Å². The molecule has 0 fully saturated rings. The van der Waals surface area contributed by atoms with E-state index in [1.54, 1.807) is 12.1 Å². The van der Waals surface area contributed by atoms with Crippen LogP contribution in [0.4, 0.5) is 0 Å². The molecule has 0 aliphatic rings. The molecular formula is C16H16N4O3S. The summed E-state index contributed by atoms with van der Waals surface area (Å²) in [6.07, 6.45) is 1.16. The van der Waals surface area contributed by atoms with Gasteiger partial charge in [0.05, 0.1) is 11.4 Å². The maximum Gasteiger partial charge on any atom is 0.204 e. The zero-order chi connectivity index (χ0) is 17.0. The predicted octanol–water partition coefficient (Wildman–Crippen LogP) is 1.82. The molecule has 8 heteroatoms. The van der Waals surface area contributed by atoms with Gasteiger partial charge in [-0.3, -0.25) is 0 Å². The zero-order valence-electron chi connectivity index (χ0n) is 13.0. The van der Waals surface area contributed by atoms with E-state index < -0.39 is 9.84 Å². The standard InChI is InChI=1S/C16H16N4O3S/c1-24(21,22)15-9-5-8-14(12-15)23-11-10-20-18-16(17-19-20)13-6-3-2-4-7-13/h2-9,12H,10-11H2,1H3. The number of aromatic nitrogens is 4. The molecule has 7 nitrogen and oxygen atoms in total. The number of benzene rings is 2. The van der Waals surface area contributed by atoms with E-state index in [2.05, 4.69) is 15.4 Å². The Balaban J connectivity index is 1.60. The van der Waals surface area contributed by atoms with Crippen molar-refractivity contribution < 1.29 is 13.2 Å². The smallest absolute Gasteiger partial charge is 0.204 e. The van der Waals surface area contributed by atoms with E-state index in [1.807, 2.05) is 30.3 Å². The Kier molecular flexibility index (Phi) is 4.57. The lowest BCUT2D eigenvalue weighted by atomic mass is 10.2. The summed E-state index contributed by atoms with van der Waals surface area (Å²) in [6, 6.07) is 16.0. The largest absolute Gasteiger partial charge is 0.492 e. The van der Waals surface area contributed by atoms with Gasteiger partial charge >= 0.3 is 0 Å². The van der Waals surface area contributed by atoms with Gasteiger partial charge in [0, 0.05) is 11.8 Å². The van der Waals surface area contributed by atoms with Gasteiger partial charge in [0.2, 0.25) is 5.82 Å².